The fourth-order valence-electron chi connectivity index (χ4n) is 2.19. The van der Waals surface area contributed by atoms with E-state index in [0.717, 1.165) is 31.2 Å². The number of guanidine groups is 1. The molecular formula is C19H26IN3O. The number of rotatable bonds is 7. The van der Waals surface area contributed by atoms with Gasteiger partial charge in [0.2, 0.25) is 0 Å². The second-order valence-corrected chi connectivity index (χ2v) is 5.22. The van der Waals surface area contributed by atoms with Gasteiger partial charge in [-0.15, -0.1) is 24.0 Å². The maximum absolute atomic E-state index is 5.86. The Bertz CT molecular complexity index is 617. The molecule has 0 aromatic heterocycles. The summed E-state index contributed by atoms with van der Waals surface area (Å²) in [5, 5.41) is 6.62. The molecule has 0 aliphatic carbocycles. The second-order valence-electron chi connectivity index (χ2n) is 5.22. The van der Waals surface area contributed by atoms with Crippen molar-refractivity contribution in [3.63, 3.8) is 0 Å². The monoisotopic (exact) mass is 439 g/mol. The number of nitrogens with one attached hydrogen (secondary N) is 2. The van der Waals surface area contributed by atoms with Crippen LogP contribution in [0.5, 0.6) is 5.75 Å². The van der Waals surface area contributed by atoms with E-state index in [1.54, 1.807) is 7.05 Å². The van der Waals surface area contributed by atoms with Gasteiger partial charge in [-0.2, -0.15) is 0 Å². The molecule has 0 saturated carbocycles. The van der Waals surface area contributed by atoms with Crippen LogP contribution in [0.1, 0.15) is 24.5 Å². The van der Waals surface area contributed by atoms with Crippen LogP contribution in [0.25, 0.3) is 0 Å². The van der Waals surface area contributed by atoms with E-state index in [2.05, 4.69) is 34.7 Å². The van der Waals surface area contributed by atoms with Gasteiger partial charge in [0.25, 0.3) is 0 Å². The number of ether oxygens (including phenoxy) is 1. The molecule has 5 heteroatoms. The molecule has 0 fully saturated rings. The van der Waals surface area contributed by atoms with Gasteiger partial charge in [0.1, 0.15) is 12.4 Å². The molecular weight excluding hydrogens is 413 g/mol. The van der Waals surface area contributed by atoms with Gasteiger partial charge >= 0.3 is 0 Å². The highest BCUT2D eigenvalue weighted by Gasteiger charge is 2.04. The average molecular weight is 439 g/mol. The van der Waals surface area contributed by atoms with Crippen LogP contribution in [0.4, 0.5) is 0 Å². The lowest BCUT2D eigenvalue weighted by molar-refractivity contribution is 0.305. The van der Waals surface area contributed by atoms with Crippen LogP contribution < -0.4 is 15.4 Å². The molecule has 2 N–H and O–H groups in total. The minimum absolute atomic E-state index is 0. The molecule has 24 heavy (non-hydrogen) atoms. The molecule has 130 valence electrons. The molecule has 2 aromatic carbocycles. The number of benzene rings is 2. The number of aliphatic imine (C=N–C) groups is 1. The van der Waals surface area contributed by atoms with Crippen molar-refractivity contribution >= 4 is 29.9 Å². The zero-order valence-electron chi connectivity index (χ0n) is 14.3. The molecule has 2 aromatic rings. The molecule has 0 spiro atoms. The first kappa shape index (κ1) is 20.3. The van der Waals surface area contributed by atoms with Gasteiger partial charge in [-0.1, -0.05) is 49.4 Å². The highest BCUT2D eigenvalue weighted by Crippen LogP contribution is 2.14. The number of para-hydroxylation sites is 1. The number of halogens is 1. The van der Waals surface area contributed by atoms with Crippen LogP contribution in [-0.4, -0.2) is 19.6 Å². The zero-order chi connectivity index (χ0) is 16.3. The number of hydrogen-bond donors (Lipinski definition) is 2. The van der Waals surface area contributed by atoms with Crippen molar-refractivity contribution in [2.24, 2.45) is 4.99 Å². The van der Waals surface area contributed by atoms with Crippen molar-refractivity contribution in [2.75, 3.05) is 13.6 Å². The molecule has 0 heterocycles. The van der Waals surface area contributed by atoms with E-state index >= 15 is 0 Å². The fraction of sp³-hybridized carbons (Fsp3) is 0.316. The van der Waals surface area contributed by atoms with Gasteiger partial charge in [-0.05, 0) is 29.7 Å². The minimum atomic E-state index is 0. The highest BCUT2D eigenvalue weighted by molar-refractivity contribution is 14.0. The lowest BCUT2D eigenvalue weighted by atomic mass is 10.1. The van der Waals surface area contributed by atoms with Gasteiger partial charge < -0.3 is 15.4 Å². The topological polar surface area (TPSA) is 45.7 Å². The number of nitrogens with zero attached hydrogens (tertiary/aromatic N) is 1. The summed E-state index contributed by atoms with van der Waals surface area (Å²) in [5.41, 5.74) is 2.39. The Labute approximate surface area is 161 Å². The largest absolute Gasteiger partial charge is 0.489 e. The normalized spacial score (nSPS) is 10.7. The van der Waals surface area contributed by atoms with E-state index in [-0.39, 0.29) is 24.0 Å². The summed E-state index contributed by atoms with van der Waals surface area (Å²) in [6.45, 7) is 4.33. The molecule has 4 nitrogen and oxygen atoms in total. The lowest BCUT2D eigenvalue weighted by Crippen LogP contribution is -2.37. The Kier molecular flexibility index (Phi) is 9.91. The van der Waals surface area contributed by atoms with Crippen LogP contribution in [0.2, 0.25) is 0 Å². The van der Waals surface area contributed by atoms with Crippen LogP contribution in [0.3, 0.4) is 0 Å². The van der Waals surface area contributed by atoms with Gasteiger partial charge in [0, 0.05) is 20.1 Å². The van der Waals surface area contributed by atoms with E-state index in [9.17, 15) is 0 Å². The Morgan fingerprint density at radius 2 is 1.62 bits per heavy atom. The third kappa shape index (κ3) is 6.78. The summed E-state index contributed by atoms with van der Waals surface area (Å²) in [6, 6.07) is 18.2. The summed E-state index contributed by atoms with van der Waals surface area (Å²) in [5.74, 6) is 1.71. The Morgan fingerprint density at radius 1 is 0.958 bits per heavy atom. The number of hydrogen-bond acceptors (Lipinski definition) is 2. The molecule has 2 rings (SSSR count). The highest BCUT2D eigenvalue weighted by atomic mass is 127. The van der Waals surface area contributed by atoms with Gasteiger partial charge in [0.15, 0.2) is 5.96 Å². The SMILES string of the molecule is CCCNC(=NC)NCc1ccccc1COc1ccccc1.I. The summed E-state index contributed by atoms with van der Waals surface area (Å²) in [7, 11) is 1.79. The maximum Gasteiger partial charge on any atom is 0.191 e. The Morgan fingerprint density at radius 3 is 2.29 bits per heavy atom. The smallest absolute Gasteiger partial charge is 0.191 e. The van der Waals surface area contributed by atoms with Crippen LogP contribution in [-0.2, 0) is 13.2 Å². The molecule has 0 atom stereocenters. The van der Waals surface area contributed by atoms with Crippen LogP contribution >= 0.6 is 24.0 Å². The molecule has 0 saturated heterocycles. The minimum Gasteiger partial charge on any atom is -0.489 e. The van der Waals surface area contributed by atoms with E-state index in [0.29, 0.717) is 6.61 Å². The van der Waals surface area contributed by atoms with Crippen molar-refractivity contribution < 1.29 is 4.74 Å². The van der Waals surface area contributed by atoms with E-state index in [1.807, 2.05) is 42.5 Å². The summed E-state index contributed by atoms with van der Waals surface area (Å²) >= 11 is 0. The van der Waals surface area contributed by atoms with Crippen LogP contribution in [0.15, 0.2) is 59.6 Å². The Balaban J connectivity index is 0.00000288. The van der Waals surface area contributed by atoms with Gasteiger partial charge in [-0.3, -0.25) is 4.99 Å². The third-order valence-corrected chi connectivity index (χ3v) is 3.47. The molecule has 0 aliphatic rings. The van der Waals surface area contributed by atoms with Gasteiger partial charge in [-0.25, -0.2) is 0 Å². The standard InChI is InChI=1S/C19H25N3O.HI/c1-3-13-21-19(20-2)22-14-16-9-7-8-10-17(16)15-23-18-11-5-4-6-12-18;/h4-12H,3,13-15H2,1-2H3,(H2,20,21,22);1H. The maximum atomic E-state index is 5.86. The quantitative estimate of drug-likeness (QED) is 0.390. The zero-order valence-corrected chi connectivity index (χ0v) is 16.6. The molecule has 0 aliphatic heterocycles. The van der Waals surface area contributed by atoms with Crippen molar-refractivity contribution in [2.45, 2.75) is 26.5 Å². The predicted octanol–water partition coefficient (Wildman–Crippen LogP) is 3.96. The lowest BCUT2D eigenvalue weighted by Gasteiger charge is -2.14. The van der Waals surface area contributed by atoms with Crippen molar-refractivity contribution in [1.29, 1.82) is 0 Å². The molecule has 0 radical (unpaired) electrons. The molecule has 0 bridgehead atoms. The molecule has 0 amide bonds. The van der Waals surface area contributed by atoms with E-state index in [1.165, 1.54) is 11.1 Å². The van der Waals surface area contributed by atoms with Crippen molar-refractivity contribution in [1.82, 2.24) is 10.6 Å². The van der Waals surface area contributed by atoms with Crippen molar-refractivity contribution in [3.05, 3.63) is 65.7 Å². The van der Waals surface area contributed by atoms with Crippen LogP contribution in [0, 0.1) is 0 Å². The Hall–Kier alpha value is -1.76. The van der Waals surface area contributed by atoms with Crippen molar-refractivity contribution in [3.8, 4) is 5.75 Å². The third-order valence-electron chi connectivity index (χ3n) is 3.47. The first-order chi connectivity index (χ1) is 11.3. The first-order valence-electron chi connectivity index (χ1n) is 8.02. The van der Waals surface area contributed by atoms with E-state index in [4.69, 9.17) is 4.74 Å². The summed E-state index contributed by atoms with van der Waals surface area (Å²) in [6.07, 6.45) is 1.07. The predicted molar refractivity (Wildman–Crippen MR) is 111 cm³/mol. The summed E-state index contributed by atoms with van der Waals surface area (Å²) < 4.78 is 5.86. The molecule has 0 unspecified atom stereocenters. The van der Waals surface area contributed by atoms with E-state index < -0.39 is 0 Å². The fourth-order valence-corrected chi connectivity index (χ4v) is 2.19. The first-order valence-corrected chi connectivity index (χ1v) is 8.02. The van der Waals surface area contributed by atoms with Gasteiger partial charge in [0.05, 0.1) is 0 Å². The second kappa shape index (κ2) is 11.7. The average Bonchev–Trinajstić information content (AvgIpc) is 2.62. The summed E-state index contributed by atoms with van der Waals surface area (Å²) in [4.78, 5) is 4.23.